The number of rotatable bonds is 8. The van der Waals surface area contributed by atoms with Gasteiger partial charge in [0.05, 0.1) is 17.5 Å². The highest BCUT2D eigenvalue weighted by Crippen LogP contribution is 2.53. The van der Waals surface area contributed by atoms with Crippen LogP contribution in [0, 0.1) is 22.2 Å². The van der Waals surface area contributed by atoms with Crippen molar-refractivity contribution in [3.8, 4) is 6.07 Å². The number of nitrogens with zero attached hydrogens (tertiary/aromatic N) is 3. The van der Waals surface area contributed by atoms with Crippen LogP contribution in [-0.2, 0) is 10.7 Å². The van der Waals surface area contributed by atoms with E-state index in [2.05, 4.69) is 16.4 Å². The van der Waals surface area contributed by atoms with E-state index in [4.69, 9.17) is 0 Å². The van der Waals surface area contributed by atoms with E-state index in [0.29, 0.717) is 31.3 Å². The van der Waals surface area contributed by atoms with Gasteiger partial charge in [-0.05, 0) is 62.5 Å². The molecule has 1 aromatic heterocycles. The summed E-state index contributed by atoms with van der Waals surface area (Å²) < 4.78 is 29.3. The Kier molecular flexibility index (Phi) is 5.71. The summed E-state index contributed by atoms with van der Waals surface area (Å²) >= 11 is 0. The Labute approximate surface area is 181 Å². The van der Waals surface area contributed by atoms with E-state index in [1.165, 1.54) is 31.2 Å². The lowest BCUT2D eigenvalue weighted by Crippen LogP contribution is -2.51. The second kappa shape index (κ2) is 8.18. The topological polar surface area (TPSA) is 86.1 Å². The molecule has 0 unspecified atom stereocenters. The Bertz CT molecular complexity index is 865. The van der Waals surface area contributed by atoms with Crippen molar-refractivity contribution in [2.24, 2.45) is 10.8 Å². The summed E-state index contributed by atoms with van der Waals surface area (Å²) in [6.07, 6.45) is 6.08. The number of hydrogen-bond donors (Lipinski definition) is 1. The second-order valence-corrected chi connectivity index (χ2v) is 9.48. The van der Waals surface area contributed by atoms with E-state index in [-0.39, 0.29) is 30.3 Å². The summed E-state index contributed by atoms with van der Waals surface area (Å²) in [5.41, 5.74) is -0.636. The highest BCUT2D eigenvalue weighted by Gasteiger charge is 2.47. The van der Waals surface area contributed by atoms with Gasteiger partial charge in [0.1, 0.15) is 5.69 Å². The van der Waals surface area contributed by atoms with Crippen LogP contribution in [0.3, 0.4) is 0 Å². The molecule has 31 heavy (non-hydrogen) atoms. The SMILES string of the molecule is N#CC1(CC(=O)[C@H](CCC(F)(F)c2ccccn2)NC(=O)N2CCC3(CC2)CC3)CC1. The fourth-order valence-electron chi connectivity index (χ4n) is 4.38. The van der Waals surface area contributed by atoms with Crippen LogP contribution >= 0.6 is 0 Å². The largest absolute Gasteiger partial charge is 0.328 e. The van der Waals surface area contributed by atoms with Gasteiger partial charge in [-0.2, -0.15) is 14.0 Å². The van der Waals surface area contributed by atoms with Crippen molar-refractivity contribution in [2.75, 3.05) is 13.1 Å². The van der Waals surface area contributed by atoms with Crippen LogP contribution in [0.5, 0.6) is 0 Å². The lowest BCUT2D eigenvalue weighted by Gasteiger charge is -2.33. The number of aromatic nitrogens is 1. The van der Waals surface area contributed by atoms with Gasteiger partial charge in [-0.25, -0.2) is 4.79 Å². The van der Waals surface area contributed by atoms with Crippen LogP contribution in [0.1, 0.15) is 63.5 Å². The third-order valence-electron chi connectivity index (χ3n) is 7.14. The first-order chi connectivity index (χ1) is 14.8. The molecule has 1 atom stereocenters. The second-order valence-electron chi connectivity index (χ2n) is 9.48. The van der Waals surface area contributed by atoms with Crippen molar-refractivity contribution in [3.63, 3.8) is 0 Å². The molecule has 1 N–H and O–H groups in total. The number of hydrogen-bond acceptors (Lipinski definition) is 4. The fourth-order valence-corrected chi connectivity index (χ4v) is 4.38. The van der Waals surface area contributed by atoms with Crippen molar-refractivity contribution in [1.29, 1.82) is 5.26 Å². The number of nitriles is 1. The fraction of sp³-hybridized carbons (Fsp3) is 0.652. The third kappa shape index (κ3) is 5.03. The molecular weight excluding hydrogens is 402 g/mol. The van der Waals surface area contributed by atoms with E-state index in [1.807, 2.05) is 0 Å². The zero-order valence-corrected chi connectivity index (χ0v) is 17.6. The van der Waals surface area contributed by atoms with Gasteiger partial charge >= 0.3 is 6.03 Å². The molecule has 4 rings (SSSR count). The maximum atomic E-state index is 14.6. The normalized spacial score (nSPS) is 21.8. The van der Waals surface area contributed by atoms with E-state index in [0.717, 1.165) is 12.8 Å². The molecule has 1 aromatic rings. The molecule has 166 valence electrons. The zero-order chi connectivity index (χ0) is 22.1. The van der Waals surface area contributed by atoms with Gasteiger partial charge in [0.25, 0.3) is 5.92 Å². The molecule has 2 saturated carbocycles. The predicted molar refractivity (Wildman–Crippen MR) is 109 cm³/mol. The predicted octanol–water partition coefficient (Wildman–Crippen LogP) is 4.17. The molecule has 1 aliphatic heterocycles. The number of piperidine rings is 1. The molecule has 1 saturated heterocycles. The van der Waals surface area contributed by atoms with Crippen LogP contribution < -0.4 is 5.32 Å². The highest BCUT2D eigenvalue weighted by molar-refractivity contribution is 5.89. The quantitative estimate of drug-likeness (QED) is 0.671. The Morgan fingerprint density at radius 3 is 2.45 bits per heavy atom. The van der Waals surface area contributed by atoms with E-state index in [9.17, 15) is 23.6 Å². The zero-order valence-electron chi connectivity index (χ0n) is 17.6. The smallest absolute Gasteiger partial charge is 0.317 e. The van der Waals surface area contributed by atoms with Gasteiger partial charge in [0, 0.05) is 32.1 Å². The summed E-state index contributed by atoms with van der Waals surface area (Å²) in [4.78, 5) is 31.1. The Hall–Kier alpha value is -2.56. The molecule has 3 aliphatic rings. The third-order valence-corrected chi connectivity index (χ3v) is 7.14. The van der Waals surface area contributed by atoms with Crippen LogP contribution in [0.4, 0.5) is 13.6 Å². The van der Waals surface area contributed by atoms with Crippen LogP contribution in [-0.4, -0.2) is 40.8 Å². The molecule has 0 bridgehead atoms. The average molecular weight is 430 g/mol. The van der Waals surface area contributed by atoms with Gasteiger partial charge in [-0.1, -0.05) is 6.07 Å². The summed E-state index contributed by atoms with van der Waals surface area (Å²) in [6, 6.07) is 5.06. The van der Waals surface area contributed by atoms with E-state index < -0.39 is 23.8 Å². The molecule has 2 aliphatic carbocycles. The molecule has 6 nitrogen and oxygen atoms in total. The minimum Gasteiger partial charge on any atom is -0.328 e. The monoisotopic (exact) mass is 430 g/mol. The molecule has 2 amide bonds. The van der Waals surface area contributed by atoms with Gasteiger partial charge in [0.15, 0.2) is 5.78 Å². The number of Topliss-reactive ketones (excluding diaryl/α,β-unsaturated/α-hetero) is 1. The van der Waals surface area contributed by atoms with Crippen LogP contribution in [0.25, 0.3) is 0 Å². The molecule has 1 spiro atoms. The van der Waals surface area contributed by atoms with Crippen molar-refractivity contribution >= 4 is 11.8 Å². The maximum absolute atomic E-state index is 14.6. The lowest BCUT2D eigenvalue weighted by molar-refractivity contribution is -0.122. The number of pyridine rings is 1. The molecule has 2 heterocycles. The number of carbonyl (C=O) groups excluding carboxylic acids is 2. The summed E-state index contributed by atoms with van der Waals surface area (Å²) in [5.74, 6) is -3.56. The minimum absolute atomic E-state index is 0.00723. The average Bonchev–Trinajstić information content (AvgIpc) is 3.70. The summed E-state index contributed by atoms with van der Waals surface area (Å²) in [5, 5.41) is 12.0. The number of alkyl halides is 2. The number of ketones is 1. The summed E-state index contributed by atoms with van der Waals surface area (Å²) in [7, 11) is 0. The van der Waals surface area contributed by atoms with Gasteiger partial charge < -0.3 is 10.2 Å². The minimum atomic E-state index is -3.21. The highest BCUT2D eigenvalue weighted by atomic mass is 19.3. The van der Waals surface area contributed by atoms with E-state index >= 15 is 0 Å². The number of urea groups is 1. The molecular formula is C23H28F2N4O2. The number of carbonyl (C=O) groups is 2. The Balaban J connectivity index is 1.40. The molecule has 0 radical (unpaired) electrons. The number of amides is 2. The first-order valence-corrected chi connectivity index (χ1v) is 11.1. The lowest BCUT2D eigenvalue weighted by atomic mass is 9.93. The van der Waals surface area contributed by atoms with Crippen molar-refractivity contribution in [1.82, 2.24) is 15.2 Å². The van der Waals surface area contributed by atoms with Gasteiger partial charge in [0.2, 0.25) is 0 Å². The summed E-state index contributed by atoms with van der Waals surface area (Å²) in [6.45, 7) is 1.25. The van der Waals surface area contributed by atoms with Crippen molar-refractivity contribution in [3.05, 3.63) is 30.1 Å². The van der Waals surface area contributed by atoms with E-state index in [1.54, 1.807) is 11.0 Å². The van der Waals surface area contributed by atoms with Crippen LogP contribution in [0.2, 0.25) is 0 Å². The van der Waals surface area contributed by atoms with Crippen LogP contribution in [0.15, 0.2) is 24.4 Å². The number of nitrogens with one attached hydrogen (secondary N) is 1. The first kappa shape index (κ1) is 21.7. The Morgan fingerprint density at radius 2 is 1.90 bits per heavy atom. The van der Waals surface area contributed by atoms with Crippen molar-refractivity contribution < 1.29 is 18.4 Å². The van der Waals surface area contributed by atoms with Crippen molar-refractivity contribution in [2.45, 2.75) is 69.8 Å². The number of likely N-dealkylation sites (tertiary alicyclic amines) is 1. The Morgan fingerprint density at radius 1 is 1.19 bits per heavy atom. The standard InChI is InChI=1S/C23H28F2N4O2/c24-23(25,19-3-1-2-12-27-19)5-4-17(18(30)15-22(16-26)8-9-22)28-20(31)29-13-10-21(6-7-21)11-14-29/h1-3,12,17H,4-11,13-15H2,(H,28,31)/t17-/m0/s1. The molecule has 3 fully saturated rings. The number of halogens is 2. The van der Waals surface area contributed by atoms with Gasteiger partial charge in [-0.3, -0.25) is 9.78 Å². The molecule has 0 aromatic carbocycles. The maximum Gasteiger partial charge on any atom is 0.317 e. The molecule has 8 heteroatoms. The first-order valence-electron chi connectivity index (χ1n) is 11.1. The van der Waals surface area contributed by atoms with Gasteiger partial charge in [-0.15, -0.1) is 0 Å².